The third kappa shape index (κ3) is 7.03. The van der Waals surface area contributed by atoms with Crippen molar-refractivity contribution in [1.82, 2.24) is 0 Å². The number of unbranched alkanes of at least 4 members (excludes halogenated alkanes) is 3. The minimum atomic E-state index is -0.846. The minimum Gasteiger partial charge on any atom is -1.00 e. The van der Waals surface area contributed by atoms with Gasteiger partial charge in [-0.2, -0.15) is 0 Å². The van der Waals surface area contributed by atoms with Crippen molar-refractivity contribution in [2.45, 2.75) is 65.5 Å². The molecule has 0 bridgehead atoms. The summed E-state index contributed by atoms with van der Waals surface area (Å²) < 4.78 is 0. The van der Waals surface area contributed by atoms with Crippen LogP contribution in [-0.4, -0.2) is 18.5 Å². The SMILES string of the molecule is CCCC[P+](CCCC)(CCCC)Cc1ccc2ccccc2c1.[Br-]. The summed E-state index contributed by atoms with van der Waals surface area (Å²) in [6.45, 7) is 7.05. The second kappa shape index (κ2) is 12.1. The van der Waals surface area contributed by atoms with E-state index in [1.807, 2.05) is 0 Å². The molecule has 0 fully saturated rings. The fourth-order valence-electron chi connectivity index (χ4n) is 3.78. The molecule has 0 aromatic heterocycles. The molecule has 25 heavy (non-hydrogen) atoms. The normalized spacial score (nSPS) is 11.5. The standard InChI is InChI=1S/C23H36P.BrH/c1-4-7-16-24(17-8-5-2,18-9-6-3)20-21-14-15-22-12-10-11-13-23(22)19-21;/h10-15,19H,4-9,16-18,20H2,1-3H3;1H/q+1;/p-1. The summed E-state index contributed by atoms with van der Waals surface area (Å²) in [5.74, 6) is 0. The lowest BCUT2D eigenvalue weighted by molar-refractivity contribution is -0.00000523. The fourth-order valence-corrected chi connectivity index (χ4v) is 8.86. The largest absolute Gasteiger partial charge is 1.00 e. The molecule has 0 N–H and O–H groups in total. The summed E-state index contributed by atoms with van der Waals surface area (Å²) in [5.41, 5.74) is 1.59. The first kappa shape index (κ1) is 22.7. The van der Waals surface area contributed by atoms with E-state index in [0.717, 1.165) is 0 Å². The molecule has 0 aliphatic rings. The molecule has 0 radical (unpaired) electrons. The zero-order valence-electron chi connectivity index (χ0n) is 16.4. The predicted octanol–water partition coefficient (Wildman–Crippen LogP) is 4.76. The van der Waals surface area contributed by atoms with E-state index in [4.69, 9.17) is 0 Å². The molecule has 0 spiro atoms. The van der Waals surface area contributed by atoms with E-state index in [2.05, 4.69) is 63.2 Å². The van der Waals surface area contributed by atoms with Crippen molar-refractivity contribution in [2.75, 3.05) is 18.5 Å². The first-order valence-electron chi connectivity index (χ1n) is 10.1. The van der Waals surface area contributed by atoms with Gasteiger partial charge in [-0.05, 0) is 41.7 Å². The lowest BCUT2D eigenvalue weighted by atomic mass is 10.1. The van der Waals surface area contributed by atoms with E-state index < -0.39 is 7.26 Å². The first-order valence-corrected chi connectivity index (χ1v) is 12.6. The van der Waals surface area contributed by atoms with Gasteiger partial charge in [-0.1, -0.05) is 76.4 Å². The third-order valence-corrected chi connectivity index (χ3v) is 10.1. The zero-order chi connectivity index (χ0) is 17.3. The van der Waals surface area contributed by atoms with Gasteiger partial charge >= 0.3 is 0 Å². The Morgan fingerprint density at radius 3 is 1.72 bits per heavy atom. The maximum absolute atomic E-state index is 2.47. The van der Waals surface area contributed by atoms with Gasteiger partial charge < -0.3 is 17.0 Å². The Bertz CT molecular complexity index is 586. The molecule has 2 heteroatoms. The number of rotatable bonds is 11. The van der Waals surface area contributed by atoms with Crippen LogP contribution in [0.3, 0.4) is 0 Å². The highest BCUT2D eigenvalue weighted by Gasteiger charge is 2.35. The van der Waals surface area contributed by atoms with Gasteiger partial charge in [-0.25, -0.2) is 0 Å². The Kier molecular flexibility index (Phi) is 10.9. The van der Waals surface area contributed by atoms with Crippen LogP contribution in [0, 0.1) is 0 Å². The molecule has 2 aromatic carbocycles. The topological polar surface area (TPSA) is 0 Å². The van der Waals surface area contributed by atoms with Gasteiger partial charge in [-0.15, -0.1) is 0 Å². The van der Waals surface area contributed by atoms with Crippen LogP contribution < -0.4 is 17.0 Å². The number of benzene rings is 2. The lowest BCUT2D eigenvalue weighted by Crippen LogP contribution is -3.00. The Labute approximate surface area is 166 Å². The van der Waals surface area contributed by atoms with Gasteiger partial charge in [0.2, 0.25) is 0 Å². The highest BCUT2D eigenvalue weighted by molar-refractivity contribution is 7.75. The Balaban J connectivity index is 0.00000312. The quantitative estimate of drug-likeness (QED) is 0.457. The molecule has 0 saturated carbocycles. The van der Waals surface area contributed by atoms with Crippen molar-refractivity contribution < 1.29 is 17.0 Å². The molecule has 0 amide bonds. The molecule has 0 unspecified atom stereocenters. The van der Waals surface area contributed by atoms with Crippen LogP contribution in [0.4, 0.5) is 0 Å². The number of fused-ring (bicyclic) bond motifs is 1. The van der Waals surface area contributed by atoms with Crippen molar-refractivity contribution in [3.05, 3.63) is 48.0 Å². The van der Waals surface area contributed by atoms with Crippen molar-refractivity contribution in [3.63, 3.8) is 0 Å². The van der Waals surface area contributed by atoms with Crippen molar-refractivity contribution in [1.29, 1.82) is 0 Å². The molecule has 0 atom stereocenters. The van der Waals surface area contributed by atoms with Crippen molar-refractivity contribution in [2.24, 2.45) is 0 Å². The number of hydrogen-bond acceptors (Lipinski definition) is 0. The summed E-state index contributed by atoms with van der Waals surface area (Å²) in [6, 6.07) is 16.0. The summed E-state index contributed by atoms with van der Waals surface area (Å²) >= 11 is 0. The van der Waals surface area contributed by atoms with Crippen LogP contribution in [-0.2, 0) is 6.16 Å². The van der Waals surface area contributed by atoms with E-state index in [1.165, 1.54) is 73.9 Å². The second-order valence-electron chi connectivity index (χ2n) is 7.41. The minimum absolute atomic E-state index is 0. The van der Waals surface area contributed by atoms with Crippen LogP contribution in [0.2, 0.25) is 0 Å². The molecule has 2 rings (SSSR count). The molecular weight excluding hydrogens is 387 g/mol. The smallest absolute Gasteiger partial charge is 0.0843 e. The van der Waals surface area contributed by atoms with Crippen molar-refractivity contribution in [3.8, 4) is 0 Å². The van der Waals surface area contributed by atoms with E-state index in [0.29, 0.717) is 0 Å². The molecule has 0 aliphatic heterocycles. The van der Waals surface area contributed by atoms with E-state index in [1.54, 1.807) is 5.56 Å². The van der Waals surface area contributed by atoms with Crippen LogP contribution in [0.1, 0.15) is 64.9 Å². The fraction of sp³-hybridized carbons (Fsp3) is 0.565. The van der Waals surface area contributed by atoms with Crippen molar-refractivity contribution >= 4 is 18.0 Å². The highest BCUT2D eigenvalue weighted by atomic mass is 79.9. The van der Waals surface area contributed by atoms with E-state index in [-0.39, 0.29) is 17.0 Å². The summed E-state index contributed by atoms with van der Waals surface area (Å²) in [5, 5.41) is 2.79. The van der Waals surface area contributed by atoms with E-state index >= 15 is 0 Å². The predicted molar refractivity (Wildman–Crippen MR) is 114 cm³/mol. The monoisotopic (exact) mass is 422 g/mol. The molecule has 0 heterocycles. The second-order valence-corrected chi connectivity index (χ2v) is 11.8. The summed E-state index contributed by atoms with van der Waals surface area (Å²) in [7, 11) is -0.846. The van der Waals surface area contributed by atoms with Crippen LogP contribution in [0.5, 0.6) is 0 Å². The van der Waals surface area contributed by atoms with Crippen LogP contribution >= 0.6 is 7.26 Å². The Hall–Kier alpha value is -0.390. The molecular formula is C23H36BrP. The lowest BCUT2D eigenvalue weighted by Gasteiger charge is -2.28. The average molecular weight is 423 g/mol. The molecule has 2 aromatic rings. The first-order chi connectivity index (χ1) is 11.7. The molecule has 0 aliphatic carbocycles. The van der Waals surface area contributed by atoms with E-state index in [9.17, 15) is 0 Å². The summed E-state index contributed by atoms with van der Waals surface area (Å²) in [4.78, 5) is 0. The van der Waals surface area contributed by atoms with Crippen LogP contribution in [0.25, 0.3) is 10.8 Å². The van der Waals surface area contributed by atoms with Crippen LogP contribution in [0.15, 0.2) is 42.5 Å². The maximum atomic E-state index is 2.47. The number of hydrogen-bond donors (Lipinski definition) is 0. The maximum Gasteiger partial charge on any atom is 0.0843 e. The van der Waals surface area contributed by atoms with Gasteiger partial charge in [0, 0.05) is 7.26 Å². The van der Waals surface area contributed by atoms with Gasteiger partial charge in [0.1, 0.15) is 0 Å². The highest BCUT2D eigenvalue weighted by Crippen LogP contribution is 2.63. The molecule has 0 saturated heterocycles. The third-order valence-electron chi connectivity index (χ3n) is 5.29. The van der Waals surface area contributed by atoms with Gasteiger partial charge in [0.05, 0.1) is 24.6 Å². The molecule has 0 nitrogen and oxygen atoms in total. The number of halogens is 1. The Morgan fingerprint density at radius 2 is 1.20 bits per heavy atom. The molecule has 140 valence electrons. The van der Waals surface area contributed by atoms with Gasteiger partial charge in [0.15, 0.2) is 0 Å². The average Bonchev–Trinajstić information content (AvgIpc) is 2.62. The van der Waals surface area contributed by atoms with Gasteiger partial charge in [-0.3, -0.25) is 0 Å². The Morgan fingerprint density at radius 1 is 0.680 bits per heavy atom. The summed E-state index contributed by atoms with van der Waals surface area (Å²) in [6.07, 6.45) is 14.2. The zero-order valence-corrected chi connectivity index (χ0v) is 18.9. The van der Waals surface area contributed by atoms with Gasteiger partial charge in [0.25, 0.3) is 0 Å².